The molecule has 0 unspecified atom stereocenters. The van der Waals surface area contributed by atoms with Crippen LogP contribution in [0.3, 0.4) is 0 Å². The zero-order chi connectivity index (χ0) is 24.8. The third-order valence-electron chi connectivity index (χ3n) is 5.32. The van der Waals surface area contributed by atoms with Crippen molar-refractivity contribution in [2.24, 2.45) is 0 Å². The van der Waals surface area contributed by atoms with Crippen molar-refractivity contribution in [2.45, 2.75) is 13.3 Å². The molecular weight excluding hydrogens is 446 g/mol. The third kappa shape index (κ3) is 5.50. The van der Waals surface area contributed by atoms with Crippen molar-refractivity contribution >= 4 is 23.2 Å². The lowest BCUT2D eigenvalue weighted by Crippen LogP contribution is -2.17. The summed E-state index contributed by atoms with van der Waals surface area (Å²) in [6, 6.07) is 21.5. The minimum Gasteiger partial charge on any atom is -0.494 e. The van der Waals surface area contributed by atoms with Crippen LogP contribution in [0.5, 0.6) is 11.5 Å². The predicted octanol–water partition coefficient (Wildman–Crippen LogP) is 5.10. The van der Waals surface area contributed by atoms with Crippen LogP contribution in [-0.4, -0.2) is 31.0 Å². The van der Waals surface area contributed by atoms with E-state index in [9.17, 15) is 9.59 Å². The summed E-state index contributed by atoms with van der Waals surface area (Å²) in [5.41, 5.74) is 2.69. The number of methoxy groups -OCH3 is 2. The number of ether oxygens (including phenoxy) is 2. The lowest BCUT2D eigenvalue weighted by molar-refractivity contribution is -0.115. The summed E-state index contributed by atoms with van der Waals surface area (Å²) in [5.74, 6) is 1.17. The molecule has 0 saturated heterocycles. The molecule has 0 aliphatic rings. The zero-order valence-electron chi connectivity index (χ0n) is 19.6. The van der Waals surface area contributed by atoms with Crippen LogP contribution in [0.25, 0.3) is 11.5 Å². The van der Waals surface area contributed by atoms with Crippen molar-refractivity contribution in [3.05, 3.63) is 89.8 Å². The summed E-state index contributed by atoms with van der Waals surface area (Å²) in [6.45, 7) is 1.77. The molecule has 178 valence electrons. The summed E-state index contributed by atoms with van der Waals surface area (Å²) in [5, 5.41) is 5.65. The second-order valence-corrected chi connectivity index (χ2v) is 7.69. The Morgan fingerprint density at radius 2 is 1.43 bits per heavy atom. The first-order valence-corrected chi connectivity index (χ1v) is 10.9. The third-order valence-corrected chi connectivity index (χ3v) is 5.32. The topological polar surface area (TPSA) is 103 Å². The average Bonchev–Trinajstić information content (AvgIpc) is 3.25. The van der Waals surface area contributed by atoms with Crippen LogP contribution >= 0.6 is 0 Å². The molecule has 0 aliphatic carbocycles. The van der Waals surface area contributed by atoms with Gasteiger partial charge in [0.15, 0.2) is 0 Å². The fraction of sp³-hybridized carbons (Fsp3) is 0.148. The number of amides is 2. The van der Waals surface area contributed by atoms with E-state index in [1.54, 1.807) is 43.3 Å². The van der Waals surface area contributed by atoms with Crippen LogP contribution in [0.1, 0.15) is 21.8 Å². The number of carbonyl (C=O) groups excluding carboxylic acids is 2. The van der Waals surface area contributed by atoms with E-state index in [1.165, 1.54) is 14.2 Å². The van der Waals surface area contributed by atoms with Crippen LogP contribution in [0, 0.1) is 6.92 Å². The molecule has 8 heteroatoms. The maximum atomic E-state index is 12.8. The van der Waals surface area contributed by atoms with Gasteiger partial charge in [-0.05, 0) is 31.2 Å². The first kappa shape index (κ1) is 23.6. The Morgan fingerprint density at radius 1 is 0.857 bits per heavy atom. The Morgan fingerprint density at radius 3 is 2.03 bits per heavy atom. The van der Waals surface area contributed by atoms with Crippen molar-refractivity contribution in [2.75, 3.05) is 24.9 Å². The highest BCUT2D eigenvalue weighted by atomic mass is 16.5. The number of nitrogens with zero attached hydrogens (tertiary/aromatic N) is 1. The van der Waals surface area contributed by atoms with Gasteiger partial charge in [-0.25, -0.2) is 4.98 Å². The number of benzene rings is 3. The predicted molar refractivity (Wildman–Crippen MR) is 133 cm³/mol. The molecule has 3 aromatic carbocycles. The highest BCUT2D eigenvalue weighted by molar-refractivity contribution is 6.05. The molecule has 0 fully saturated rings. The smallest absolute Gasteiger partial charge is 0.255 e. The lowest BCUT2D eigenvalue weighted by Gasteiger charge is -2.16. The summed E-state index contributed by atoms with van der Waals surface area (Å²) in [7, 11) is 2.96. The van der Waals surface area contributed by atoms with E-state index in [2.05, 4.69) is 15.6 Å². The van der Waals surface area contributed by atoms with Crippen molar-refractivity contribution < 1.29 is 23.5 Å². The number of nitrogens with one attached hydrogen (secondary N) is 2. The molecule has 0 atom stereocenters. The van der Waals surface area contributed by atoms with E-state index in [-0.39, 0.29) is 18.2 Å². The lowest BCUT2D eigenvalue weighted by atomic mass is 10.2. The summed E-state index contributed by atoms with van der Waals surface area (Å²) in [4.78, 5) is 29.9. The SMILES string of the molecule is COc1cc(NC(=O)c2ccccc2)c(OC)cc1NC(=O)Cc1nc(-c2ccccc2)oc1C. The molecule has 0 radical (unpaired) electrons. The van der Waals surface area contributed by atoms with Gasteiger partial charge in [0, 0.05) is 23.3 Å². The van der Waals surface area contributed by atoms with E-state index in [1.807, 2.05) is 36.4 Å². The van der Waals surface area contributed by atoms with Gasteiger partial charge in [-0.3, -0.25) is 9.59 Å². The average molecular weight is 472 g/mol. The molecule has 1 heterocycles. The molecule has 8 nitrogen and oxygen atoms in total. The number of anilines is 2. The second-order valence-electron chi connectivity index (χ2n) is 7.69. The maximum Gasteiger partial charge on any atom is 0.255 e. The molecule has 0 aliphatic heterocycles. The van der Waals surface area contributed by atoms with Gasteiger partial charge in [-0.2, -0.15) is 0 Å². The minimum absolute atomic E-state index is 0.0140. The Bertz CT molecular complexity index is 1330. The Labute approximate surface area is 202 Å². The minimum atomic E-state index is -0.303. The highest BCUT2D eigenvalue weighted by Crippen LogP contribution is 2.37. The number of aryl methyl sites for hydroxylation is 1. The van der Waals surface area contributed by atoms with Crippen LogP contribution in [0.4, 0.5) is 11.4 Å². The number of rotatable bonds is 8. The fourth-order valence-electron chi connectivity index (χ4n) is 3.52. The van der Waals surface area contributed by atoms with Gasteiger partial charge in [-0.15, -0.1) is 0 Å². The number of hydrogen-bond acceptors (Lipinski definition) is 6. The number of aromatic nitrogens is 1. The fourth-order valence-corrected chi connectivity index (χ4v) is 3.52. The Hall–Kier alpha value is -4.59. The largest absolute Gasteiger partial charge is 0.494 e. The van der Waals surface area contributed by atoms with E-state index in [4.69, 9.17) is 13.9 Å². The molecule has 0 spiro atoms. The molecular formula is C27H25N3O5. The summed E-state index contributed by atoms with van der Waals surface area (Å²) < 4.78 is 16.6. The van der Waals surface area contributed by atoms with E-state index < -0.39 is 0 Å². The van der Waals surface area contributed by atoms with Crippen molar-refractivity contribution in [1.29, 1.82) is 0 Å². The van der Waals surface area contributed by atoms with E-state index in [0.29, 0.717) is 45.8 Å². The van der Waals surface area contributed by atoms with Gasteiger partial charge in [-0.1, -0.05) is 36.4 Å². The molecule has 2 amide bonds. The molecule has 4 aromatic rings. The van der Waals surface area contributed by atoms with Crippen molar-refractivity contribution in [3.63, 3.8) is 0 Å². The van der Waals surface area contributed by atoms with Crippen LogP contribution in [0.15, 0.2) is 77.2 Å². The first-order chi connectivity index (χ1) is 17.0. The van der Waals surface area contributed by atoms with Crippen LogP contribution in [-0.2, 0) is 11.2 Å². The molecule has 0 saturated carbocycles. The highest BCUT2D eigenvalue weighted by Gasteiger charge is 2.19. The molecule has 4 rings (SSSR count). The molecule has 1 aromatic heterocycles. The monoisotopic (exact) mass is 471 g/mol. The number of hydrogen-bond donors (Lipinski definition) is 2. The van der Waals surface area contributed by atoms with Gasteiger partial charge in [0.05, 0.1) is 37.7 Å². The van der Waals surface area contributed by atoms with E-state index >= 15 is 0 Å². The second kappa shape index (κ2) is 10.6. The van der Waals surface area contributed by atoms with Crippen molar-refractivity contribution in [3.8, 4) is 23.0 Å². The number of carbonyl (C=O) groups is 2. The van der Waals surface area contributed by atoms with Gasteiger partial charge in [0.2, 0.25) is 11.8 Å². The summed E-state index contributed by atoms with van der Waals surface area (Å²) in [6.07, 6.45) is 0.0140. The molecule has 35 heavy (non-hydrogen) atoms. The Balaban J connectivity index is 1.51. The first-order valence-electron chi connectivity index (χ1n) is 10.9. The Kier molecular flexibility index (Phi) is 7.11. The van der Waals surface area contributed by atoms with E-state index in [0.717, 1.165) is 5.56 Å². The van der Waals surface area contributed by atoms with Gasteiger partial charge >= 0.3 is 0 Å². The van der Waals surface area contributed by atoms with Gasteiger partial charge in [0.25, 0.3) is 5.91 Å². The van der Waals surface area contributed by atoms with Crippen LogP contribution in [0.2, 0.25) is 0 Å². The summed E-state index contributed by atoms with van der Waals surface area (Å²) >= 11 is 0. The number of oxazole rings is 1. The van der Waals surface area contributed by atoms with Crippen molar-refractivity contribution in [1.82, 2.24) is 4.98 Å². The molecule has 2 N–H and O–H groups in total. The normalized spacial score (nSPS) is 10.5. The van der Waals surface area contributed by atoms with Gasteiger partial charge < -0.3 is 24.5 Å². The van der Waals surface area contributed by atoms with Gasteiger partial charge in [0.1, 0.15) is 17.3 Å². The van der Waals surface area contributed by atoms with Crippen LogP contribution < -0.4 is 20.1 Å². The maximum absolute atomic E-state index is 12.8. The quantitative estimate of drug-likeness (QED) is 0.371. The molecule has 0 bridgehead atoms. The zero-order valence-corrected chi connectivity index (χ0v) is 19.6. The standard InChI is InChI=1S/C27H25N3O5/c1-17-20(30-27(35-17)19-12-8-5-9-13-19)16-25(31)28-21-14-24(34-3)22(15-23(21)33-2)29-26(32)18-10-6-4-7-11-18/h4-15H,16H2,1-3H3,(H,28,31)(H,29,32).